The second kappa shape index (κ2) is 7.02. The van der Waals surface area contributed by atoms with Crippen molar-refractivity contribution in [2.75, 3.05) is 31.6 Å². The lowest BCUT2D eigenvalue weighted by Gasteiger charge is -2.37. The molecule has 1 aromatic rings. The number of anilines is 1. The van der Waals surface area contributed by atoms with Crippen molar-refractivity contribution < 1.29 is 9.66 Å². The Hall–Kier alpha value is -1.44. The fourth-order valence-electron chi connectivity index (χ4n) is 2.41. The van der Waals surface area contributed by atoms with Crippen LogP contribution in [0.2, 0.25) is 5.02 Å². The van der Waals surface area contributed by atoms with E-state index >= 15 is 0 Å². The SMILES string of the molecule is CC(CNc1ncc([N+](=O)[O-])cc1Cl)N1CCOCC1C. The fraction of sp³-hybridized carbons (Fsp3) is 0.615. The summed E-state index contributed by atoms with van der Waals surface area (Å²) in [4.78, 5) is 16.5. The lowest BCUT2D eigenvalue weighted by atomic mass is 10.2. The third-order valence-corrected chi connectivity index (χ3v) is 3.88. The van der Waals surface area contributed by atoms with Crippen LogP contribution in [0, 0.1) is 10.1 Å². The van der Waals surface area contributed by atoms with Gasteiger partial charge in [-0.05, 0) is 13.8 Å². The molecule has 0 aliphatic carbocycles. The molecule has 1 aliphatic rings. The van der Waals surface area contributed by atoms with Crippen LogP contribution in [-0.2, 0) is 4.74 Å². The molecular weight excluding hydrogens is 296 g/mol. The van der Waals surface area contributed by atoms with Crippen LogP contribution in [0.5, 0.6) is 0 Å². The molecule has 1 aromatic heterocycles. The first-order valence-corrected chi connectivity index (χ1v) is 7.24. The molecule has 1 fully saturated rings. The summed E-state index contributed by atoms with van der Waals surface area (Å²) in [6, 6.07) is 1.96. The van der Waals surface area contributed by atoms with Crippen molar-refractivity contribution in [1.29, 1.82) is 0 Å². The van der Waals surface area contributed by atoms with Gasteiger partial charge in [-0.3, -0.25) is 15.0 Å². The highest BCUT2D eigenvalue weighted by Gasteiger charge is 2.23. The van der Waals surface area contributed by atoms with Crippen molar-refractivity contribution >= 4 is 23.1 Å². The zero-order valence-electron chi connectivity index (χ0n) is 12.1. The van der Waals surface area contributed by atoms with Crippen LogP contribution in [0.25, 0.3) is 0 Å². The monoisotopic (exact) mass is 314 g/mol. The molecule has 0 aromatic carbocycles. The highest BCUT2D eigenvalue weighted by atomic mass is 35.5. The normalized spacial score (nSPS) is 21.0. The second-order valence-electron chi connectivity index (χ2n) is 5.17. The van der Waals surface area contributed by atoms with E-state index in [0.29, 0.717) is 18.4 Å². The maximum absolute atomic E-state index is 10.6. The zero-order chi connectivity index (χ0) is 15.4. The minimum atomic E-state index is -0.513. The predicted molar refractivity (Wildman–Crippen MR) is 80.8 cm³/mol. The zero-order valence-corrected chi connectivity index (χ0v) is 12.8. The van der Waals surface area contributed by atoms with Crippen molar-refractivity contribution in [3.05, 3.63) is 27.4 Å². The maximum atomic E-state index is 10.6. The number of aromatic nitrogens is 1. The Labute approximate surface area is 128 Å². The number of nitro groups is 1. The van der Waals surface area contributed by atoms with E-state index in [-0.39, 0.29) is 16.8 Å². The number of nitrogens with zero attached hydrogens (tertiary/aromatic N) is 3. The minimum Gasteiger partial charge on any atom is -0.379 e. The van der Waals surface area contributed by atoms with Gasteiger partial charge < -0.3 is 10.1 Å². The topological polar surface area (TPSA) is 80.5 Å². The quantitative estimate of drug-likeness (QED) is 0.662. The summed E-state index contributed by atoms with van der Waals surface area (Å²) in [5.74, 6) is 0.468. The lowest BCUT2D eigenvalue weighted by molar-refractivity contribution is -0.385. The van der Waals surface area contributed by atoms with Gasteiger partial charge in [0.25, 0.3) is 5.69 Å². The third-order valence-electron chi connectivity index (χ3n) is 3.59. The van der Waals surface area contributed by atoms with Crippen molar-refractivity contribution in [3.63, 3.8) is 0 Å². The molecule has 2 heterocycles. The minimum absolute atomic E-state index is 0.111. The Kier molecular flexibility index (Phi) is 5.33. The van der Waals surface area contributed by atoms with Gasteiger partial charge in [0, 0.05) is 31.2 Å². The van der Waals surface area contributed by atoms with E-state index in [9.17, 15) is 10.1 Å². The van der Waals surface area contributed by atoms with E-state index in [0.717, 1.165) is 19.8 Å². The van der Waals surface area contributed by atoms with Gasteiger partial charge in [0.05, 0.1) is 23.2 Å². The number of nitrogens with one attached hydrogen (secondary N) is 1. The number of morpholine rings is 1. The number of pyridine rings is 1. The molecule has 2 atom stereocenters. The number of rotatable bonds is 5. The molecule has 0 spiro atoms. The van der Waals surface area contributed by atoms with Gasteiger partial charge in [0.15, 0.2) is 0 Å². The molecule has 21 heavy (non-hydrogen) atoms. The van der Waals surface area contributed by atoms with Crippen LogP contribution < -0.4 is 5.32 Å². The molecule has 2 unspecified atom stereocenters. The largest absolute Gasteiger partial charge is 0.379 e. The summed E-state index contributed by atoms with van der Waals surface area (Å²) in [5, 5.41) is 14.0. The molecule has 8 heteroatoms. The van der Waals surface area contributed by atoms with E-state index in [1.807, 2.05) is 0 Å². The van der Waals surface area contributed by atoms with E-state index < -0.39 is 4.92 Å². The number of halogens is 1. The molecule has 2 rings (SSSR count). The molecule has 0 bridgehead atoms. The Morgan fingerprint density at radius 3 is 3.10 bits per heavy atom. The van der Waals surface area contributed by atoms with Crippen LogP contribution in [0.4, 0.5) is 11.5 Å². The average molecular weight is 315 g/mol. The van der Waals surface area contributed by atoms with Gasteiger partial charge in [-0.1, -0.05) is 11.6 Å². The standard InChI is InChI=1S/C13H19ClN4O3/c1-9(17-3-4-21-8-10(17)2)6-15-13-12(14)5-11(7-16-13)18(19)20/h5,7,9-10H,3-4,6,8H2,1-2H3,(H,15,16). The number of ether oxygens (including phenoxy) is 1. The molecule has 1 aliphatic heterocycles. The van der Waals surface area contributed by atoms with Gasteiger partial charge in [-0.15, -0.1) is 0 Å². The summed E-state index contributed by atoms with van der Waals surface area (Å²) < 4.78 is 5.42. The smallest absolute Gasteiger partial charge is 0.289 e. The summed E-state index contributed by atoms with van der Waals surface area (Å²) in [7, 11) is 0. The summed E-state index contributed by atoms with van der Waals surface area (Å²) >= 11 is 6.01. The summed E-state index contributed by atoms with van der Waals surface area (Å²) in [6.45, 7) is 7.29. The highest BCUT2D eigenvalue weighted by molar-refractivity contribution is 6.33. The van der Waals surface area contributed by atoms with Gasteiger partial charge in [0.2, 0.25) is 0 Å². The first-order valence-electron chi connectivity index (χ1n) is 6.86. The van der Waals surface area contributed by atoms with Crippen LogP contribution in [0.15, 0.2) is 12.3 Å². The fourth-order valence-corrected chi connectivity index (χ4v) is 2.64. The first kappa shape index (κ1) is 15.9. The van der Waals surface area contributed by atoms with Crippen LogP contribution in [0.1, 0.15) is 13.8 Å². The van der Waals surface area contributed by atoms with E-state index in [2.05, 4.69) is 29.0 Å². The van der Waals surface area contributed by atoms with Crippen LogP contribution in [-0.4, -0.2) is 53.2 Å². The number of hydrogen-bond donors (Lipinski definition) is 1. The summed E-state index contributed by atoms with van der Waals surface area (Å²) in [5.41, 5.74) is -0.111. The predicted octanol–water partition coefficient (Wildman–Crippen LogP) is 2.16. The van der Waals surface area contributed by atoms with Crippen molar-refractivity contribution in [3.8, 4) is 0 Å². The third kappa shape index (κ3) is 4.03. The van der Waals surface area contributed by atoms with E-state index in [1.54, 1.807) is 0 Å². The lowest BCUT2D eigenvalue weighted by Crippen LogP contribution is -2.50. The van der Waals surface area contributed by atoms with Crippen LogP contribution >= 0.6 is 11.6 Å². The summed E-state index contributed by atoms with van der Waals surface area (Å²) in [6.07, 6.45) is 1.20. The Morgan fingerprint density at radius 2 is 2.48 bits per heavy atom. The van der Waals surface area contributed by atoms with Crippen LogP contribution in [0.3, 0.4) is 0 Å². The second-order valence-corrected chi connectivity index (χ2v) is 5.58. The Morgan fingerprint density at radius 1 is 1.71 bits per heavy atom. The van der Waals surface area contributed by atoms with Crippen molar-refractivity contribution in [2.24, 2.45) is 0 Å². The molecule has 1 saturated heterocycles. The van der Waals surface area contributed by atoms with Crippen molar-refractivity contribution in [2.45, 2.75) is 25.9 Å². The van der Waals surface area contributed by atoms with Gasteiger partial charge in [0.1, 0.15) is 12.0 Å². The molecule has 1 N–H and O–H groups in total. The maximum Gasteiger partial charge on any atom is 0.289 e. The highest BCUT2D eigenvalue weighted by Crippen LogP contribution is 2.24. The Bertz CT molecular complexity index is 514. The van der Waals surface area contributed by atoms with E-state index in [4.69, 9.17) is 16.3 Å². The molecule has 116 valence electrons. The molecule has 0 radical (unpaired) electrons. The van der Waals surface area contributed by atoms with Crippen molar-refractivity contribution in [1.82, 2.24) is 9.88 Å². The molecule has 0 saturated carbocycles. The molecule has 7 nitrogen and oxygen atoms in total. The van der Waals surface area contributed by atoms with Gasteiger partial charge >= 0.3 is 0 Å². The van der Waals surface area contributed by atoms with E-state index in [1.165, 1.54) is 12.3 Å². The Balaban J connectivity index is 1.94. The number of hydrogen-bond acceptors (Lipinski definition) is 6. The molecular formula is C13H19ClN4O3. The van der Waals surface area contributed by atoms with Gasteiger partial charge in [-0.25, -0.2) is 4.98 Å². The first-order chi connectivity index (χ1) is 9.99. The van der Waals surface area contributed by atoms with Gasteiger partial charge in [-0.2, -0.15) is 0 Å². The average Bonchev–Trinajstić information content (AvgIpc) is 2.46. The molecule has 0 amide bonds.